The number of thiazole rings is 1. The first-order chi connectivity index (χ1) is 13.3. The molecule has 1 unspecified atom stereocenters. The number of hydrogen-bond acceptors (Lipinski definition) is 8. The number of sulfonamides is 1. The van der Waals surface area contributed by atoms with Crippen LogP contribution in [-0.2, 0) is 26.2 Å². The molecule has 0 saturated carbocycles. The summed E-state index contributed by atoms with van der Waals surface area (Å²) in [6, 6.07) is 5.88. The van der Waals surface area contributed by atoms with Crippen molar-refractivity contribution in [3.63, 3.8) is 0 Å². The maximum atomic E-state index is 12.4. The number of rotatable bonds is 7. The minimum atomic E-state index is -3.91. The van der Waals surface area contributed by atoms with Gasteiger partial charge in [0.25, 0.3) is 5.56 Å². The van der Waals surface area contributed by atoms with Crippen LogP contribution in [0.2, 0.25) is 0 Å². The normalized spacial score (nSPS) is 12.6. The van der Waals surface area contributed by atoms with Crippen molar-refractivity contribution in [3.05, 3.63) is 58.0 Å². The van der Waals surface area contributed by atoms with Crippen LogP contribution in [-0.4, -0.2) is 36.9 Å². The Balaban J connectivity index is 1.63. The van der Waals surface area contributed by atoms with Gasteiger partial charge in [-0.25, -0.2) is 13.4 Å². The summed E-state index contributed by atoms with van der Waals surface area (Å²) in [6.07, 6.45) is 1.60. The van der Waals surface area contributed by atoms with E-state index in [9.17, 15) is 18.0 Å². The molecule has 0 aliphatic carbocycles. The molecule has 0 fully saturated rings. The van der Waals surface area contributed by atoms with Gasteiger partial charge in [-0.3, -0.25) is 14.0 Å². The van der Waals surface area contributed by atoms with Gasteiger partial charge in [0.2, 0.25) is 10.0 Å². The van der Waals surface area contributed by atoms with Crippen molar-refractivity contribution in [3.8, 4) is 5.75 Å². The minimum absolute atomic E-state index is 0.00853. The molecule has 9 nitrogen and oxygen atoms in total. The van der Waals surface area contributed by atoms with Crippen LogP contribution in [0.3, 0.4) is 0 Å². The van der Waals surface area contributed by atoms with Gasteiger partial charge in [0.15, 0.2) is 4.96 Å². The standard InChI is InChI=1S/C17H17N3O6S2/c1-11(19-28(23,24)14-5-3-13(25-2)4-6-14)16(22)26-10-12-9-15(21)20-7-8-27-17(20)18-12/h3-9,11,19H,10H2,1-2H3. The van der Waals surface area contributed by atoms with Crippen molar-refractivity contribution in [2.45, 2.75) is 24.5 Å². The molecule has 11 heteroatoms. The van der Waals surface area contributed by atoms with Crippen LogP contribution in [0.5, 0.6) is 5.75 Å². The number of carbonyl (C=O) groups excluding carboxylic acids is 1. The zero-order chi connectivity index (χ0) is 20.3. The predicted molar refractivity (Wildman–Crippen MR) is 102 cm³/mol. The second-order valence-corrected chi connectivity index (χ2v) is 8.35. The van der Waals surface area contributed by atoms with Crippen LogP contribution in [0.1, 0.15) is 12.6 Å². The average Bonchev–Trinajstić information content (AvgIpc) is 3.15. The third kappa shape index (κ3) is 4.38. The Hall–Kier alpha value is -2.76. The fourth-order valence-corrected chi connectivity index (χ4v) is 4.27. The summed E-state index contributed by atoms with van der Waals surface area (Å²) in [5, 5.41) is 1.72. The fraction of sp³-hybridized carbons (Fsp3) is 0.235. The van der Waals surface area contributed by atoms with E-state index in [0.29, 0.717) is 10.7 Å². The number of hydrogen-bond donors (Lipinski definition) is 1. The summed E-state index contributed by atoms with van der Waals surface area (Å²) in [7, 11) is -2.44. The van der Waals surface area contributed by atoms with Crippen molar-refractivity contribution in [2.75, 3.05) is 7.11 Å². The van der Waals surface area contributed by atoms with Crippen LogP contribution in [0.4, 0.5) is 0 Å². The summed E-state index contributed by atoms with van der Waals surface area (Å²) < 4.78 is 38.5. The number of nitrogens with one attached hydrogen (secondary N) is 1. The summed E-state index contributed by atoms with van der Waals surface area (Å²) in [5.41, 5.74) is -0.00318. The molecular weight excluding hydrogens is 406 g/mol. The number of fused-ring (bicyclic) bond motifs is 1. The van der Waals surface area contributed by atoms with E-state index in [1.165, 1.54) is 60.1 Å². The lowest BCUT2D eigenvalue weighted by atomic mass is 10.3. The summed E-state index contributed by atoms with van der Waals surface area (Å²) in [4.78, 5) is 28.8. The first kappa shape index (κ1) is 20.0. The number of ether oxygens (including phenoxy) is 2. The quantitative estimate of drug-likeness (QED) is 0.567. The van der Waals surface area contributed by atoms with Gasteiger partial charge in [-0.05, 0) is 31.2 Å². The Labute approximate surface area is 164 Å². The van der Waals surface area contributed by atoms with Gasteiger partial charge in [0.1, 0.15) is 18.4 Å². The molecule has 1 aromatic carbocycles. The third-order valence-electron chi connectivity index (χ3n) is 3.77. The van der Waals surface area contributed by atoms with Crippen LogP contribution in [0.15, 0.2) is 51.6 Å². The number of aromatic nitrogens is 2. The van der Waals surface area contributed by atoms with Crippen LogP contribution in [0.25, 0.3) is 4.96 Å². The van der Waals surface area contributed by atoms with Gasteiger partial charge < -0.3 is 9.47 Å². The molecule has 0 bridgehead atoms. The van der Waals surface area contributed by atoms with E-state index in [-0.39, 0.29) is 22.8 Å². The third-order valence-corrected chi connectivity index (χ3v) is 6.09. The van der Waals surface area contributed by atoms with Gasteiger partial charge in [0, 0.05) is 17.6 Å². The molecule has 2 aromatic heterocycles. The molecule has 28 heavy (non-hydrogen) atoms. The van der Waals surface area contributed by atoms with E-state index in [4.69, 9.17) is 9.47 Å². The van der Waals surface area contributed by atoms with E-state index in [2.05, 4.69) is 9.71 Å². The largest absolute Gasteiger partial charge is 0.497 e. The highest BCUT2D eigenvalue weighted by atomic mass is 32.2. The van der Waals surface area contributed by atoms with Gasteiger partial charge >= 0.3 is 5.97 Å². The highest BCUT2D eigenvalue weighted by Gasteiger charge is 2.23. The highest BCUT2D eigenvalue weighted by Crippen LogP contribution is 2.16. The van der Waals surface area contributed by atoms with Gasteiger partial charge in [-0.15, -0.1) is 11.3 Å². The fourth-order valence-electron chi connectivity index (χ4n) is 2.34. The zero-order valence-electron chi connectivity index (χ0n) is 15.0. The summed E-state index contributed by atoms with van der Waals surface area (Å²) >= 11 is 1.28. The molecule has 0 saturated heterocycles. The van der Waals surface area contributed by atoms with Crippen molar-refractivity contribution in [1.82, 2.24) is 14.1 Å². The number of benzene rings is 1. The molecule has 3 aromatic rings. The molecule has 0 aliphatic rings. The summed E-state index contributed by atoms with van der Waals surface area (Å²) in [5.74, 6) is -0.275. The van der Waals surface area contributed by atoms with Gasteiger partial charge in [0.05, 0.1) is 17.7 Å². The smallest absolute Gasteiger partial charge is 0.324 e. The average molecular weight is 423 g/mol. The zero-order valence-corrected chi connectivity index (χ0v) is 16.6. The topological polar surface area (TPSA) is 116 Å². The molecule has 0 amide bonds. The van der Waals surface area contributed by atoms with Crippen molar-refractivity contribution in [2.24, 2.45) is 0 Å². The molecule has 0 radical (unpaired) electrons. The van der Waals surface area contributed by atoms with Crippen molar-refractivity contribution in [1.29, 1.82) is 0 Å². The Morgan fingerprint density at radius 1 is 1.32 bits per heavy atom. The monoisotopic (exact) mass is 423 g/mol. The Bertz CT molecular complexity index is 1150. The van der Waals surface area contributed by atoms with Crippen LogP contribution >= 0.6 is 11.3 Å². The van der Waals surface area contributed by atoms with Gasteiger partial charge in [-0.1, -0.05) is 0 Å². The Kier molecular flexibility index (Phi) is 5.77. The first-order valence-electron chi connectivity index (χ1n) is 8.09. The molecule has 3 rings (SSSR count). The lowest BCUT2D eigenvalue weighted by Crippen LogP contribution is -2.39. The van der Waals surface area contributed by atoms with Gasteiger partial charge in [-0.2, -0.15) is 4.72 Å². The first-order valence-corrected chi connectivity index (χ1v) is 10.5. The molecular formula is C17H17N3O6S2. The maximum Gasteiger partial charge on any atom is 0.324 e. The summed E-state index contributed by atoms with van der Waals surface area (Å²) in [6.45, 7) is 1.13. The van der Waals surface area contributed by atoms with Crippen LogP contribution in [0, 0.1) is 0 Å². The number of esters is 1. The lowest BCUT2D eigenvalue weighted by molar-refractivity contribution is -0.146. The van der Waals surface area contributed by atoms with Crippen molar-refractivity contribution < 1.29 is 22.7 Å². The second kappa shape index (κ2) is 8.09. The van der Waals surface area contributed by atoms with E-state index in [1.807, 2.05) is 0 Å². The molecule has 0 spiro atoms. The van der Waals surface area contributed by atoms with E-state index >= 15 is 0 Å². The molecule has 1 atom stereocenters. The minimum Gasteiger partial charge on any atom is -0.497 e. The molecule has 2 heterocycles. The molecule has 0 aliphatic heterocycles. The van der Waals surface area contributed by atoms with E-state index < -0.39 is 22.0 Å². The maximum absolute atomic E-state index is 12.4. The Morgan fingerprint density at radius 2 is 2.04 bits per heavy atom. The molecule has 148 valence electrons. The molecule has 1 N–H and O–H groups in total. The second-order valence-electron chi connectivity index (χ2n) is 5.77. The SMILES string of the molecule is COc1ccc(S(=O)(=O)NC(C)C(=O)OCc2cc(=O)n3ccsc3n2)cc1. The lowest BCUT2D eigenvalue weighted by Gasteiger charge is -2.14. The number of nitrogens with zero attached hydrogens (tertiary/aromatic N) is 2. The number of carbonyl (C=O) groups is 1. The number of methoxy groups -OCH3 is 1. The van der Waals surface area contributed by atoms with E-state index in [0.717, 1.165) is 0 Å². The predicted octanol–water partition coefficient (Wildman–Crippen LogP) is 1.17. The Morgan fingerprint density at radius 3 is 2.71 bits per heavy atom. The van der Waals surface area contributed by atoms with Crippen molar-refractivity contribution >= 4 is 32.3 Å². The van der Waals surface area contributed by atoms with Crippen LogP contribution < -0.4 is 15.0 Å². The van der Waals surface area contributed by atoms with E-state index in [1.54, 1.807) is 11.6 Å². The highest BCUT2D eigenvalue weighted by molar-refractivity contribution is 7.89.